The quantitative estimate of drug-likeness (QED) is 0.560. The number of carbonyl (C=O) groups is 3. The Balaban J connectivity index is 1.51. The Bertz CT molecular complexity index is 1100. The minimum Gasteiger partial charge on any atom is -0.350 e. The van der Waals surface area contributed by atoms with Gasteiger partial charge in [0.15, 0.2) is 0 Å². The summed E-state index contributed by atoms with van der Waals surface area (Å²) in [4.78, 5) is 43.6. The molecule has 0 spiro atoms. The summed E-state index contributed by atoms with van der Waals surface area (Å²) in [5.74, 6) is -0.602. The van der Waals surface area contributed by atoms with Gasteiger partial charge in [-0.25, -0.2) is 4.79 Å². The van der Waals surface area contributed by atoms with Gasteiger partial charge in [-0.05, 0) is 35.4 Å². The third-order valence-corrected chi connectivity index (χ3v) is 5.13. The smallest absolute Gasteiger partial charge is 0.323 e. The number of urea groups is 1. The molecule has 0 fully saturated rings. The lowest BCUT2D eigenvalue weighted by molar-refractivity contribution is -0.123. The van der Waals surface area contributed by atoms with Gasteiger partial charge in [0, 0.05) is 25.4 Å². The van der Waals surface area contributed by atoms with E-state index in [-0.39, 0.29) is 18.4 Å². The highest BCUT2D eigenvalue weighted by molar-refractivity contribution is 6.10. The first-order chi connectivity index (χ1) is 15.6. The van der Waals surface area contributed by atoms with E-state index in [1.807, 2.05) is 42.5 Å². The van der Waals surface area contributed by atoms with E-state index in [0.29, 0.717) is 24.3 Å². The molecule has 162 valence electrons. The van der Waals surface area contributed by atoms with E-state index in [2.05, 4.69) is 20.9 Å². The summed E-state index contributed by atoms with van der Waals surface area (Å²) in [7, 11) is 0. The highest BCUT2D eigenvalue weighted by Gasteiger charge is 2.30. The average Bonchev–Trinajstić information content (AvgIpc) is 2.82. The van der Waals surface area contributed by atoms with Gasteiger partial charge in [0.2, 0.25) is 11.8 Å². The molecule has 3 aromatic rings. The lowest BCUT2D eigenvalue weighted by atomic mass is 10.1. The predicted molar refractivity (Wildman–Crippen MR) is 121 cm³/mol. The summed E-state index contributed by atoms with van der Waals surface area (Å²) in [6.45, 7) is 0.191. The van der Waals surface area contributed by atoms with Crippen molar-refractivity contribution in [2.75, 3.05) is 16.8 Å². The molecular formula is C24H23N5O3. The van der Waals surface area contributed by atoms with Crippen LogP contribution >= 0.6 is 0 Å². The maximum atomic E-state index is 13.1. The molecule has 0 radical (unpaired) electrons. The number of hydrogen-bond acceptors (Lipinski definition) is 4. The minimum absolute atomic E-state index is 0.125. The molecule has 2 heterocycles. The van der Waals surface area contributed by atoms with Crippen molar-refractivity contribution in [2.45, 2.75) is 19.0 Å². The van der Waals surface area contributed by atoms with Gasteiger partial charge in [-0.2, -0.15) is 0 Å². The molecule has 0 saturated carbocycles. The first-order valence-corrected chi connectivity index (χ1v) is 10.3. The van der Waals surface area contributed by atoms with Gasteiger partial charge in [-0.1, -0.05) is 42.5 Å². The molecule has 0 aliphatic carbocycles. The van der Waals surface area contributed by atoms with Gasteiger partial charge in [-0.15, -0.1) is 0 Å². The molecule has 8 nitrogen and oxygen atoms in total. The van der Waals surface area contributed by atoms with E-state index in [1.54, 1.807) is 36.7 Å². The SMILES string of the molecule is O=C1CN(C(=O)N[C@H](Cc2ccccc2)C(=O)NCc2ccncc2)c2ccccc2N1. The summed E-state index contributed by atoms with van der Waals surface area (Å²) in [5.41, 5.74) is 2.95. The molecule has 1 aromatic heterocycles. The third-order valence-electron chi connectivity index (χ3n) is 5.13. The summed E-state index contributed by atoms with van der Waals surface area (Å²) >= 11 is 0. The van der Waals surface area contributed by atoms with Gasteiger partial charge in [0.1, 0.15) is 12.6 Å². The second-order valence-corrected chi connectivity index (χ2v) is 7.42. The van der Waals surface area contributed by atoms with Gasteiger partial charge in [0.25, 0.3) is 0 Å². The van der Waals surface area contributed by atoms with Gasteiger partial charge in [-0.3, -0.25) is 19.5 Å². The number of anilines is 2. The zero-order chi connectivity index (χ0) is 22.3. The van der Waals surface area contributed by atoms with Crippen molar-refractivity contribution in [3.8, 4) is 0 Å². The van der Waals surface area contributed by atoms with Crippen LogP contribution in [0.25, 0.3) is 0 Å². The number of fused-ring (bicyclic) bond motifs is 1. The van der Waals surface area contributed by atoms with Crippen molar-refractivity contribution in [1.82, 2.24) is 15.6 Å². The maximum Gasteiger partial charge on any atom is 0.323 e. The average molecular weight is 429 g/mol. The lowest BCUT2D eigenvalue weighted by Crippen LogP contribution is -2.54. The topological polar surface area (TPSA) is 103 Å². The molecule has 4 rings (SSSR count). The zero-order valence-corrected chi connectivity index (χ0v) is 17.3. The number of aromatic nitrogens is 1. The molecule has 8 heteroatoms. The second-order valence-electron chi connectivity index (χ2n) is 7.42. The standard InChI is InChI=1S/C24H23N5O3/c30-22-16-29(21-9-5-4-8-19(21)27-22)24(32)28-20(14-17-6-2-1-3-7-17)23(31)26-15-18-10-12-25-13-11-18/h1-13,20H,14-16H2,(H,26,31)(H,27,30)(H,28,32)/t20-/m1/s1. The minimum atomic E-state index is -0.816. The molecule has 1 aliphatic heterocycles. The second kappa shape index (κ2) is 9.74. The number of benzene rings is 2. The van der Waals surface area contributed by atoms with Crippen LogP contribution in [0.15, 0.2) is 79.1 Å². The van der Waals surface area contributed by atoms with Crippen molar-refractivity contribution in [3.63, 3.8) is 0 Å². The van der Waals surface area contributed by atoms with Crippen LogP contribution in [-0.2, 0) is 22.6 Å². The van der Waals surface area contributed by atoms with E-state index >= 15 is 0 Å². The number of rotatable bonds is 6. The number of nitrogens with zero attached hydrogens (tertiary/aromatic N) is 2. The van der Waals surface area contributed by atoms with Gasteiger partial charge < -0.3 is 16.0 Å². The number of carbonyl (C=O) groups excluding carboxylic acids is 3. The van der Waals surface area contributed by atoms with Crippen LogP contribution in [0.3, 0.4) is 0 Å². The Hall–Kier alpha value is -4.20. The first kappa shape index (κ1) is 21.0. The van der Waals surface area contributed by atoms with Crippen LogP contribution in [-0.4, -0.2) is 35.4 Å². The number of hydrogen-bond donors (Lipinski definition) is 3. The summed E-state index contributed by atoms with van der Waals surface area (Å²) in [6, 6.07) is 18.8. The predicted octanol–water partition coefficient (Wildman–Crippen LogP) is 2.48. The molecule has 0 unspecified atom stereocenters. The van der Waals surface area contributed by atoms with Crippen molar-refractivity contribution in [1.29, 1.82) is 0 Å². The van der Waals surface area contributed by atoms with Crippen LogP contribution in [0.5, 0.6) is 0 Å². The van der Waals surface area contributed by atoms with E-state index in [4.69, 9.17) is 0 Å². The number of amides is 4. The third kappa shape index (κ3) is 5.10. The molecule has 0 saturated heterocycles. The van der Waals surface area contributed by atoms with Crippen LogP contribution in [0.2, 0.25) is 0 Å². The number of pyridine rings is 1. The molecular weight excluding hydrogens is 406 g/mol. The summed E-state index contributed by atoms with van der Waals surface area (Å²) < 4.78 is 0. The largest absolute Gasteiger partial charge is 0.350 e. The molecule has 0 bridgehead atoms. The monoisotopic (exact) mass is 429 g/mol. The molecule has 3 N–H and O–H groups in total. The highest BCUT2D eigenvalue weighted by atomic mass is 16.2. The lowest BCUT2D eigenvalue weighted by Gasteiger charge is -2.30. The van der Waals surface area contributed by atoms with Crippen LogP contribution in [0.1, 0.15) is 11.1 Å². The summed E-state index contributed by atoms with van der Waals surface area (Å²) in [5, 5.41) is 8.45. The molecule has 2 aromatic carbocycles. The van der Waals surface area contributed by atoms with E-state index in [1.165, 1.54) is 4.90 Å². The Morgan fingerprint density at radius 2 is 1.69 bits per heavy atom. The highest BCUT2D eigenvalue weighted by Crippen LogP contribution is 2.28. The van der Waals surface area contributed by atoms with Crippen LogP contribution in [0.4, 0.5) is 16.2 Å². The van der Waals surface area contributed by atoms with E-state index < -0.39 is 12.1 Å². The van der Waals surface area contributed by atoms with Crippen molar-refractivity contribution >= 4 is 29.2 Å². The Morgan fingerprint density at radius 3 is 2.47 bits per heavy atom. The number of para-hydroxylation sites is 2. The summed E-state index contributed by atoms with van der Waals surface area (Å²) in [6.07, 6.45) is 3.63. The van der Waals surface area contributed by atoms with Crippen molar-refractivity contribution < 1.29 is 14.4 Å². The Labute approximate surface area is 185 Å². The molecule has 32 heavy (non-hydrogen) atoms. The fourth-order valence-corrected chi connectivity index (χ4v) is 3.51. The fraction of sp³-hybridized carbons (Fsp3) is 0.167. The van der Waals surface area contributed by atoms with Gasteiger partial charge >= 0.3 is 6.03 Å². The van der Waals surface area contributed by atoms with Crippen molar-refractivity contribution in [3.05, 3.63) is 90.3 Å². The normalized spacial score (nSPS) is 13.5. The first-order valence-electron chi connectivity index (χ1n) is 10.3. The molecule has 1 aliphatic rings. The van der Waals surface area contributed by atoms with Gasteiger partial charge in [0.05, 0.1) is 11.4 Å². The number of nitrogens with one attached hydrogen (secondary N) is 3. The Morgan fingerprint density at radius 1 is 0.969 bits per heavy atom. The van der Waals surface area contributed by atoms with Crippen LogP contribution in [0, 0.1) is 0 Å². The zero-order valence-electron chi connectivity index (χ0n) is 17.3. The Kier molecular flexibility index (Phi) is 6.41. The van der Waals surface area contributed by atoms with Crippen LogP contribution < -0.4 is 20.9 Å². The van der Waals surface area contributed by atoms with E-state index in [0.717, 1.165) is 11.1 Å². The fourth-order valence-electron chi connectivity index (χ4n) is 3.51. The maximum absolute atomic E-state index is 13.1. The van der Waals surface area contributed by atoms with Crippen molar-refractivity contribution in [2.24, 2.45) is 0 Å². The molecule has 1 atom stereocenters. The molecule has 4 amide bonds. The van der Waals surface area contributed by atoms with E-state index in [9.17, 15) is 14.4 Å².